The third-order valence-electron chi connectivity index (χ3n) is 5.78. The molecule has 0 saturated carbocycles. The zero-order chi connectivity index (χ0) is 24.1. The molecule has 170 valence electrons. The second kappa shape index (κ2) is 7.99. The summed E-state index contributed by atoms with van der Waals surface area (Å²) < 4.78 is 34.1. The summed E-state index contributed by atoms with van der Waals surface area (Å²) in [6, 6.07) is 9.92. The highest BCUT2D eigenvalue weighted by Crippen LogP contribution is 2.43. The van der Waals surface area contributed by atoms with Crippen LogP contribution in [0.5, 0.6) is 0 Å². The van der Waals surface area contributed by atoms with Gasteiger partial charge in [0.2, 0.25) is 0 Å². The summed E-state index contributed by atoms with van der Waals surface area (Å²) >= 11 is 0. The van der Waals surface area contributed by atoms with Gasteiger partial charge < -0.3 is 9.52 Å². The van der Waals surface area contributed by atoms with E-state index in [0.717, 1.165) is 28.7 Å². The van der Waals surface area contributed by atoms with Crippen molar-refractivity contribution in [3.05, 3.63) is 94.5 Å². The van der Waals surface area contributed by atoms with Crippen molar-refractivity contribution in [2.75, 3.05) is 4.90 Å². The Bertz CT molecular complexity index is 1290. The van der Waals surface area contributed by atoms with E-state index in [2.05, 4.69) is 0 Å². The summed E-state index contributed by atoms with van der Waals surface area (Å²) in [5.41, 5.74) is 1.05. The van der Waals surface area contributed by atoms with Gasteiger partial charge in [0.05, 0.1) is 17.5 Å². The lowest BCUT2D eigenvalue weighted by atomic mass is 9.84. The highest BCUT2D eigenvalue weighted by atomic mass is 19.1. The molecule has 33 heavy (non-hydrogen) atoms. The van der Waals surface area contributed by atoms with Gasteiger partial charge in [-0.2, -0.15) is 0 Å². The summed E-state index contributed by atoms with van der Waals surface area (Å²) in [5, 5.41) is 11.3. The number of halogens is 2. The van der Waals surface area contributed by atoms with Crippen LogP contribution >= 0.6 is 0 Å². The van der Waals surface area contributed by atoms with Crippen molar-refractivity contribution in [1.82, 2.24) is 0 Å². The molecule has 0 spiro atoms. The molecule has 1 aliphatic rings. The van der Waals surface area contributed by atoms with E-state index in [0.29, 0.717) is 11.1 Å². The maximum atomic E-state index is 14.7. The van der Waals surface area contributed by atoms with E-state index in [-0.39, 0.29) is 16.7 Å². The third-order valence-corrected chi connectivity index (χ3v) is 5.78. The number of benzene rings is 2. The number of ketones is 1. The molecule has 1 fully saturated rings. The Morgan fingerprint density at radius 2 is 1.79 bits per heavy atom. The van der Waals surface area contributed by atoms with Crippen LogP contribution in [-0.2, 0) is 15.0 Å². The molecule has 1 aliphatic heterocycles. The summed E-state index contributed by atoms with van der Waals surface area (Å²) in [6.07, 6.45) is 1.34. The van der Waals surface area contributed by atoms with Crippen LogP contribution in [0.4, 0.5) is 14.5 Å². The quantitative estimate of drug-likeness (QED) is 0.311. The van der Waals surface area contributed by atoms with Crippen LogP contribution in [0.1, 0.15) is 49.3 Å². The van der Waals surface area contributed by atoms with E-state index in [1.54, 1.807) is 19.1 Å². The fourth-order valence-electron chi connectivity index (χ4n) is 3.96. The Morgan fingerprint density at radius 1 is 1.06 bits per heavy atom. The van der Waals surface area contributed by atoms with Gasteiger partial charge >= 0.3 is 0 Å². The minimum absolute atomic E-state index is 0.129. The predicted octanol–water partition coefficient (Wildman–Crippen LogP) is 5.79. The van der Waals surface area contributed by atoms with Crippen LogP contribution in [0.25, 0.3) is 5.76 Å². The molecule has 1 unspecified atom stereocenters. The molecule has 1 amide bonds. The average Bonchev–Trinajstić information content (AvgIpc) is 3.36. The molecule has 2 heterocycles. The zero-order valence-corrected chi connectivity index (χ0v) is 18.6. The molecule has 1 atom stereocenters. The fourth-order valence-corrected chi connectivity index (χ4v) is 3.96. The number of aryl methyl sites for hydroxylation is 1. The van der Waals surface area contributed by atoms with Crippen LogP contribution in [-0.4, -0.2) is 16.8 Å². The summed E-state index contributed by atoms with van der Waals surface area (Å²) in [5.74, 6) is -4.05. The minimum atomic E-state index is -1.27. The van der Waals surface area contributed by atoms with Crippen molar-refractivity contribution in [2.24, 2.45) is 0 Å². The second-order valence-electron chi connectivity index (χ2n) is 9.06. The number of nitrogens with zero attached hydrogens (tertiary/aromatic N) is 1. The maximum absolute atomic E-state index is 14.7. The van der Waals surface area contributed by atoms with E-state index in [1.807, 2.05) is 32.9 Å². The van der Waals surface area contributed by atoms with E-state index in [4.69, 9.17) is 4.42 Å². The molecule has 1 aromatic heterocycles. The zero-order valence-electron chi connectivity index (χ0n) is 18.6. The summed E-state index contributed by atoms with van der Waals surface area (Å²) in [4.78, 5) is 27.0. The smallest absolute Gasteiger partial charge is 0.300 e. The first-order valence-corrected chi connectivity index (χ1v) is 10.4. The largest absolute Gasteiger partial charge is 0.507 e. The molecular formula is C26H23F2NO4. The summed E-state index contributed by atoms with van der Waals surface area (Å²) in [7, 11) is 0. The van der Waals surface area contributed by atoms with Gasteiger partial charge in [-0.25, -0.2) is 8.78 Å². The van der Waals surface area contributed by atoms with E-state index >= 15 is 0 Å². The predicted molar refractivity (Wildman–Crippen MR) is 120 cm³/mol. The Morgan fingerprint density at radius 3 is 2.42 bits per heavy atom. The molecule has 5 nitrogen and oxygen atoms in total. The maximum Gasteiger partial charge on any atom is 0.300 e. The summed E-state index contributed by atoms with van der Waals surface area (Å²) in [6.45, 7) is 7.80. The molecule has 0 aliphatic carbocycles. The molecule has 7 heteroatoms. The van der Waals surface area contributed by atoms with Crippen LogP contribution in [0.2, 0.25) is 0 Å². The van der Waals surface area contributed by atoms with Gasteiger partial charge in [-0.1, -0.05) is 32.9 Å². The third kappa shape index (κ3) is 3.84. The van der Waals surface area contributed by atoms with Crippen LogP contribution in [0.3, 0.4) is 0 Å². The molecule has 3 aromatic rings. The van der Waals surface area contributed by atoms with Gasteiger partial charge in [0, 0.05) is 11.6 Å². The molecule has 0 bridgehead atoms. The van der Waals surface area contributed by atoms with Crippen molar-refractivity contribution >= 4 is 23.1 Å². The average molecular weight is 451 g/mol. The Balaban J connectivity index is 1.98. The highest BCUT2D eigenvalue weighted by Gasteiger charge is 2.49. The van der Waals surface area contributed by atoms with Crippen LogP contribution < -0.4 is 4.90 Å². The minimum Gasteiger partial charge on any atom is -0.507 e. The number of aliphatic hydroxyl groups excluding tert-OH is 1. The number of hydrogen-bond acceptors (Lipinski definition) is 4. The second-order valence-corrected chi connectivity index (χ2v) is 9.06. The number of carbonyl (C=O) groups is 2. The van der Waals surface area contributed by atoms with E-state index in [9.17, 15) is 23.5 Å². The van der Waals surface area contributed by atoms with Crippen molar-refractivity contribution in [2.45, 2.75) is 39.2 Å². The Labute approximate surface area is 190 Å². The lowest BCUT2D eigenvalue weighted by Gasteiger charge is -2.24. The molecule has 4 rings (SSSR count). The van der Waals surface area contributed by atoms with E-state index in [1.165, 1.54) is 12.3 Å². The van der Waals surface area contributed by atoms with Gasteiger partial charge in [-0.3, -0.25) is 14.5 Å². The highest BCUT2D eigenvalue weighted by molar-refractivity contribution is 6.51. The molecule has 1 N–H and O–H groups in total. The number of rotatable bonds is 3. The number of aliphatic hydroxyl groups is 1. The molecule has 1 saturated heterocycles. The van der Waals surface area contributed by atoms with Crippen molar-refractivity contribution in [1.29, 1.82) is 0 Å². The monoisotopic (exact) mass is 451 g/mol. The number of Topliss-reactive ketones (excluding diaryl/α,β-unsaturated/α-hetero) is 1. The Hall–Kier alpha value is -3.74. The van der Waals surface area contributed by atoms with Crippen molar-refractivity contribution in [3.63, 3.8) is 0 Å². The first-order chi connectivity index (χ1) is 15.5. The van der Waals surface area contributed by atoms with Crippen molar-refractivity contribution in [3.8, 4) is 0 Å². The van der Waals surface area contributed by atoms with Gasteiger partial charge in [-0.05, 0) is 53.8 Å². The number of anilines is 1. The first kappa shape index (κ1) is 22.5. The van der Waals surface area contributed by atoms with Gasteiger partial charge in [0.15, 0.2) is 0 Å². The first-order valence-electron chi connectivity index (χ1n) is 10.4. The molecule has 0 radical (unpaired) electrons. The van der Waals surface area contributed by atoms with Gasteiger partial charge in [-0.15, -0.1) is 0 Å². The topological polar surface area (TPSA) is 70.8 Å². The lowest BCUT2D eigenvalue weighted by Crippen LogP contribution is -2.30. The van der Waals surface area contributed by atoms with Gasteiger partial charge in [0.25, 0.3) is 11.7 Å². The lowest BCUT2D eigenvalue weighted by molar-refractivity contribution is -0.132. The van der Waals surface area contributed by atoms with E-state index < -0.39 is 40.8 Å². The Kier molecular flexibility index (Phi) is 5.44. The number of furan rings is 1. The molecule has 2 aromatic carbocycles. The number of carbonyl (C=O) groups excluding carboxylic acids is 2. The number of hydrogen-bond donors (Lipinski definition) is 1. The standard InChI is InChI=1S/C26H23F2NO4/c1-14-7-8-15(26(2,3)4)12-17(14)23(30)21-22(20-6-5-11-33-20)29(25(32)24(21)31)19-13-16(27)9-10-18(19)28/h5-13,22,30H,1-4H3/b23-21+. The van der Waals surface area contributed by atoms with Crippen molar-refractivity contribution < 1.29 is 27.9 Å². The van der Waals surface area contributed by atoms with Crippen LogP contribution in [0, 0.1) is 18.6 Å². The SMILES string of the molecule is Cc1ccc(C(C)(C)C)cc1/C(O)=C1\C(=O)C(=O)N(c2cc(F)ccc2F)C1c1ccco1. The normalized spacial score (nSPS) is 18.2. The van der Waals surface area contributed by atoms with Crippen LogP contribution in [0.15, 0.2) is 64.8 Å². The number of amides is 1. The molecular weight excluding hydrogens is 428 g/mol. The fraction of sp³-hybridized carbons (Fsp3) is 0.231. The van der Waals surface area contributed by atoms with Gasteiger partial charge in [0.1, 0.15) is 29.2 Å².